The minimum Gasteiger partial charge on any atom is -0.479 e. The molecule has 0 unspecified atom stereocenters. The van der Waals surface area contributed by atoms with Crippen molar-refractivity contribution in [3.8, 4) is 0 Å². The summed E-state index contributed by atoms with van der Waals surface area (Å²) in [6.45, 7) is 4.81. The summed E-state index contributed by atoms with van der Waals surface area (Å²) in [5.41, 5.74) is -0.852. The Morgan fingerprint density at radius 3 is 2.43 bits per heavy atom. The van der Waals surface area contributed by atoms with E-state index in [2.05, 4.69) is 13.8 Å². The summed E-state index contributed by atoms with van der Waals surface area (Å²) >= 11 is 0. The van der Waals surface area contributed by atoms with E-state index in [0.29, 0.717) is 25.4 Å². The monoisotopic (exact) mass is 200 g/mol. The van der Waals surface area contributed by atoms with Crippen LogP contribution in [-0.2, 0) is 9.53 Å². The summed E-state index contributed by atoms with van der Waals surface area (Å²) in [6, 6.07) is 0. The van der Waals surface area contributed by atoms with E-state index in [-0.39, 0.29) is 0 Å². The molecule has 0 radical (unpaired) electrons. The minimum atomic E-state index is -0.852. The van der Waals surface area contributed by atoms with Crippen molar-refractivity contribution in [3.05, 3.63) is 0 Å². The van der Waals surface area contributed by atoms with Gasteiger partial charge in [0.1, 0.15) is 0 Å². The van der Waals surface area contributed by atoms with Gasteiger partial charge in [-0.3, -0.25) is 0 Å². The Kier molecular flexibility index (Phi) is 3.93. The predicted octanol–water partition coefficient (Wildman–Crippen LogP) is 2.45. The fraction of sp³-hybridized carbons (Fsp3) is 0.909. The van der Waals surface area contributed by atoms with Crippen LogP contribution in [0.25, 0.3) is 0 Å². The third-order valence-corrected chi connectivity index (χ3v) is 2.87. The van der Waals surface area contributed by atoms with Gasteiger partial charge in [0.2, 0.25) is 0 Å². The van der Waals surface area contributed by atoms with E-state index in [1.807, 2.05) is 0 Å². The molecular weight excluding hydrogens is 180 g/mol. The van der Waals surface area contributed by atoms with Crippen molar-refractivity contribution in [1.29, 1.82) is 0 Å². The Morgan fingerprint density at radius 2 is 2.00 bits per heavy atom. The van der Waals surface area contributed by atoms with Gasteiger partial charge in [0.25, 0.3) is 0 Å². The first-order valence-electron chi connectivity index (χ1n) is 5.44. The van der Waals surface area contributed by atoms with Gasteiger partial charge in [-0.15, -0.1) is 0 Å². The lowest BCUT2D eigenvalue weighted by atomic mass is 10.0. The first kappa shape index (κ1) is 11.5. The molecule has 0 bridgehead atoms. The lowest BCUT2D eigenvalue weighted by molar-refractivity contribution is -0.165. The quantitative estimate of drug-likeness (QED) is 0.741. The maximum absolute atomic E-state index is 11.1. The predicted molar refractivity (Wildman–Crippen MR) is 54.2 cm³/mol. The molecule has 82 valence electrons. The zero-order valence-electron chi connectivity index (χ0n) is 9.08. The highest BCUT2D eigenvalue weighted by molar-refractivity contribution is 5.77. The SMILES string of the molecule is CC(C)CCOC1(C(=O)O)CCCC1. The highest BCUT2D eigenvalue weighted by Gasteiger charge is 2.42. The molecule has 3 heteroatoms. The van der Waals surface area contributed by atoms with Crippen LogP contribution in [0.4, 0.5) is 0 Å². The highest BCUT2D eigenvalue weighted by atomic mass is 16.5. The molecule has 14 heavy (non-hydrogen) atoms. The van der Waals surface area contributed by atoms with Crippen molar-refractivity contribution in [3.63, 3.8) is 0 Å². The third kappa shape index (κ3) is 2.71. The molecule has 0 aliphatic heterocycles. The summed E-state index contributed by atoms with van der Waals surface area (Å²) in [4.78, 5) is 11.1. The topological polar surface area (TPSA) is 46.5 Å². The van der Waals surface area contributed by atoms with Crippen molar-refractivity contribution in [2.24, 2.45) is 5.92 Å². The summed E-state index contributed by atoms with van der Waals surface area (Å²) in [7, 11) is 0. The van der Waals surface area contributed by atoms with Gasteiger partial charge in [0, 0.05) is 6.61 Å². The largest absolute Gasteiger partial charge is 0.479 e. The average Bonchev–Trinajstić information content (AvgIpc) is 2.53. The lowest BCUT2D eigenvalue weighted by Crippen LogP contribution is -2.39. The summed E-state index contributed by atoms with van der Waals surface area (Å²) < 4.78 is 5.56. The van der Waals surface area contributed by atoms with Crippen LogP contribution in [-0.4, -0.2) is 23.3 Å². The Labute approximate surface area is 85.5 Å². The molecule has 1 aliphatic rings. The molecule has 0 amide bonds. The number of carboxylic acids is 1. The van der Waals surface area contributed by atoms with Crippen LogP contribution in [0.5, 0.6) is 0 Å². The van der Waals surface area contributed by atoms with Crippen LogP contribution in [0.3, 0.4) is 0 Å². The normalized spacial score (nSPS) is 20.2. The summed E-state index contributed by atoms with van der Waals surface area (Å²) in [5, 5.41) is 9.10. The zero-order valence-corrected chi connectivity index (χ0v) is 9.08. The molecule has 1 aliphatic carbocycles. The molecule has 0 aromatic carbocycles. The number of rotatable bonds is 5. The lowest BCUT2D eigenvalue weighted by Gasteiger charge is -2.24. The van der Waals surface area contributed by atoms with Gasteiger partial charge in [-0.1, -0.05) is 13.8 Å². The summed E-state index contributed by atoms with van der Waals surface area (Å²) in [6.07, 6.45) is 4.26. The standard InChI is InChI=1S/C11H20O3/c1-9(2)5-8-14-11(10(12)13)6-3-4-7-11/h9H,3-8H2,1-2H3,(H,12,13). The maximum atomic E-state index is 11.1. The number of carboxylic acid groups (broad SMARTS) is 1. The molecular formula is C11H20O3. The van der Waals surface area contributed by atoms with E-state index in [4.69, 9.17) is 9.84 Å². The Balaban J connectivity index is 2.40. The Morgan fingerprint density at radius 1 is 1.43 bits per heavy atom. The van der Waals surface area contributed by atoms with E-state index < -0.39 is 11.6 Å². The van der Waals surface area contributed by atoms with Crippen molar-refractivity contribution in [1.82, 2.24) is 0 Å². The highest BCUT2D eigenvalue weighted by Crippen LogP contribution is 2.33. The molecule has 1 saturated carbocycles. The molecule has 1 fully saturated rings. The second kappa shape index (κ2) is 4.78. The first-order chi connectivity index (χ1) is 6.57. The first-order valence-corrected chi connectivity index (χ1v) is 5.44. The molecule has 0 aromatic rings. The summed E-state index contributed by atoms with van der Waals surface area (Å²) in [5.74, 6) is -0.207. The van der Waals surface area contributed by atoms with Gasteiger partial charge in [-0.2, -0.15) is 0 Å². The molecule has 3 nitrogen and oxygen atoms in total. The second-order valence-corrected chi connectivity index (χ2v) is 4.54. The van der Waals surface area contributed by atoms with Crippen LogP contribution in [0.1, 0.15) is 46.0 Å². The number of carbonyl (C=O) groups is 1. The fourth-order valence-corrected chi connectivity index (χ4v) is 1.86. The average molecular weight is 200 g/mol. The van der Waals surface area contributed by atoms with E-state index in [1.165, 1.54) is 0 Å². The molecule has 0 saturated heterocycles. The minimum absolute atomic E-state index is 0.572. The van der Waals surface area contributed by atoms with Gasteiger partial charge in [0.15, 0.2) is 5.60 Å². The molecule has 1 N–H and O–H groups in total. The molecule has 1 rings (SSSR count). The van der Waals surface area contributed by atoms with E-state index >= 15 is 0 Å². The third-order valence-electron chi connectivity index (χ3n) is 2.87. The van der Waals surface area contributed by atoms with Gasteiger partial charge in [0.05, 0.1) is 0 Å². The van der Waals surface area contributed by atoms with Gasteiger partial charge in [-0.25, -0.2) is 4.79 Å². The van der Waals surface area contributed by atoms with Crippen LogP contribution in [0.15, 0.2) is 0 Å². The molecule has 0 atom stereocenters. The van der Waals surface area contributed by atoms with Crippen LogP contribution < -0.4 is 0 Å². The van der Waals surface area contributed by atoms with Gasteiger partial charge in [-0.05, 0) is 38.0 Å². The maximum Gasteiger partial charge on any atom is 0.335 e. The van der Waals surface area contributed by atoms with Crippen LogP contribution in [0.2, 0.25) is 0 Å². The number of aliphatic carboxylic acids is 1. The van der Waals surface area contributed by atoms with Gasteiger partial charge >= 0.3 is 5.97 Å². The number of hydrogen-bond acceptors (Lipinski definition) is 2. The Hall–Kier alpha value is -0.570. The van der Waals surface area contributed by atoms with Crippen LogP contribution >= 0.6 is 0 Å². The van der Waals surface area contributed by atoms with Gasteiger partial charge < -0.3 is 9.84 Å². The molecule has 0 aromatic heterocycles. The van der Waals surface area contributed by atoms with Crippen molar-refractivity contribution in [2.45, 2.75) is 51.6 Å². The smallest absolute Gasteiger partial charge is 0.335 e. The van der Waals surface area contributed by atoms with E-state index in [9.17, 15) is 4.79 Å². The molecule has 0 spiro atoms. The Bertz CT molecular complexity index is 193. The molecule has 0 heterocycles. The second-order valence-electron chi connectivity index (χ2n) is 4.54. The van der Waals surface area contributed by atoms with Crippen LogP contribution in [0, 0.1) is 5.92 Å². The van der Waals surface area contributed by atoms with E-state index in [0.717, 1.165) is 19.3 Å². The fourth-order valence-electron chi connectivity index (χ4n) is 1.86. The van der Waals surface area contributed by atoms with E-state index in [1.54, 1.807) is 0 Å². The van der Waals surface area contributed by atoms with Crippen molar-refractivity contribution < 1.29 is 14.6 Å². The van der Waals surface area contributed by atoms with Crippen molar-refractivity contribution in [2.75, 3.05) is 6.61 Å². The number of ether oxygens (including phenoxy) is 1. The zero-order chi connectivity index (χ0) is 10.6. The number of hydrogen-bond donors (Lipinski definition) is 1. The van der Waals surface area contributed by atoms with Crippen molar-refractivity contribution >= 4 is 5.97 Å².